The molecule has 2 aliphatic rings. The van der Waals surface area contributed by atoms with Crippen LogP contribution in [0.4, 0.5) is 0 Å². The van der Waals surface area contributed by atoms with E-state index in [1.807, 2.05) is 24.3 Å². The van der Waals surface area contributed by atoms with Gasteiger partial charge in [0.05, 0.1) is 23.8 Å². The van der Waals surface area contributed by atoms with Gasteiger partial charge in [-0.3, -0.25) is 14.4 Å². The number of methoxy groups -OCH3 is 1. The molecular weight excluding hydrogens is 460 g/mol. The predicted octanol–water partition coefficient (Wildman–Crippen LogP) is 2.76. The molecule has 1 amide bonds. The van der Waals surface area contributed by atoms with E-state index in [-0.39, 0.29) is 58.3 Å². The van der Waals surface area contributed by atoms with Crippen molar-refractivity contribution in [3.63, 3.8) is 0 Å². The highest BCUT2D eigenvalue weighted by Crippen LogP contribution is 2.47. The number of nitrogens with one attached hydrogen (secondary N) is 1. The van der Waals surface area contributed by atoms with Crippen LogP contribution in [0.3, 0.4) is 0 Å². The second-order valence-corrected chi connectivity index (χ2v) is 9.12. The summed E-state index contributed by atoms with van der Waals surface area (Å²) >= 11 is 0. The van der Waals surface area contributed by atoms with Crippen molar-refractivity contribution in [1.29, 1.82) is 0 Å². The standard InChI is InChI=1S/C28H26N2O6/c1-36-20-4-2-3-18-21(20)27(34)23-22(25(18)32)26(33)19-11-16(9-10-17(19)24(23)31)28(35)30-13-15-7-5-14(12-29)6-8-15/h2-8,16,31,33H,9-13,29H2,1H3,(H,30,35). The van der Waals surface area contributed by atoms with Crippen molar-refractivity contribution in [2.75, 3.05) is 7.11 Å². The molecule has 8 heteroatoms. The Balaban J connectivity index is 1.44. The number of rotatable bonds is 5. The van der Waals surface area contributed by atoms with E-state index in [9.17, 15) is 24.6 Å². The summed E-state index contributed by atoms with van der Waals surface area (Å²) in [5, 5.41) is 25.1. The Morgan fingerprint density at radius 1 is 0.972 bits per heavy atom. The van der Waals surface area contributed by atoms with Gasteiger partial charge in [0, 0.05) is 35.7 Å². The summed E-state index contributed by atoms with van der Waals surface area (Å²) in [7, 11) is 1.40. The lowest BCUT2D eigenvalue weighted by Crippen LogP contribution is -2.34. The molecule has 0 aliphatic heterocycles. The van der Waals surface area contributed by atoms with Gasteiger partial charge in [0.25, 0.3) is 0 Å². The molecule has 0 bridgehead atoms. The van der Waals surface area contributed by atoms with Gasteiger partial charge in [-0.2, -0.15) is 0 Å². The second kappa shape index (κ2) is 9.13. The van der Waals surface area contributed by atoms with E-state index in [1.54, 1.807) is 12.1 Å². The van der Waals surface area contributed by atoms with Crippen LogP contribution in [0.1, 0.15) is 60.5 Å². The van der Waals surface area contributed by atoms with Gasteiger partial charge in [-0.25, -0.2) is 0 Å². The lowest BCUT2D eigenvalue weighted by atomic mass is 9.75. The molecule has 0 saturated carbocycles. The van der Waals surface area contributed by atoms with Gasteiger partial charge >= 0.3 is 0 Å². The molecule has 0 saturated heterocycles. The van der Waals surface area contributed by atoms with Crippen molar-refractivity contribution < 1.29 is 29.3 Å². The first kappa shape index (κ1) is 23.6. The molecule has 5 rings (SSSR count). The van der Waals surface area contributed by atoms with Crippen molar-refractivity contribution in [2.45, 2.75) is 32.4 Å². The molecule has 0 heterocycles. The Bertz CT molecular complexity index is 1410. The Morgan fingerprint density at radius 2 is 1.64 bits per heavy atom. The highest BCUT2D eigenvalue weighted by Gasteiger charge is 2.41. The number of fused-ring (bicyclic) bond motifs is 3. The molecule has 36 heavy (non-hydrogen) atoms. The minimum Gasteiger partial charge on any atom is -0.507 e. The predicted molar refractivity (Wildman–Crippen MR) is 131 cm³/mol. The highest BCUT2D eigenvalue weighted by atomic mass is 16.5. The number of hydrogen-bond donors (Lipinski definition) is 4. The van der Waals surface area contributed by atoms with Gasteiger partial charge < -0.3 is 26.0 Å². The summed E-state index contributed by atoms with van der Waals surface area (Å²) < 4.78 is 5.27. The quantitative estimate of drug-likeness (QED) is 0.318. The zero-order chi connectivity index (χ0) is 25.6. The fourth-order valence-corrected chi connectivity index (χ4v) is 5.16. The molecule has 3 aromatic rings. The van der Waals surface area contributed by atoms with Crippen LogP contribution in [0, 0.1) is 5.92 Å². The van der Waals surface area contributed by atoms with E-state index < -0.39 is 17.5 Å². The molecule has 5 N–H and O–H groups in total. The topological polar surface area (TPSA) is 139 Å². The maximum atomic E-state index is 13.4. The Kier molecular flexibility index (Phi) is 5.97. The van der Waals surface area contributed by atoms with Gasteiger partial charge in [-0.1, -0.05) is 36.4 Å². The van der Waals surface area contributed by atoms with Crippen molar-refractivity contribution in [2.24, 2.45) is 11.7 Å². The molecule has 0 fully saturated rings. The number of hydrogen-bond acceptors (Lipinski definition) is 7. The average molecular weight is 487 g/mol. The van der Waals surface area contributed by atoms with E-state index in [2.05, 4.69) is 5.32 Å². The monoisotopic (exact) mass is 486 g/mol. The van der Waals surface area contributed by atoms with Crippen LogP contribution in [-0.4, -0.2) is 34.8 Å². The number of carbonyl (C=O) groups is 3. The van der Waals surface area contributed by atoms with Crippen LogP contribution in [-0.2, 0) is 30.7 Å². The third kappa shape index (κ3) is 3.70. The van der Waals surface area contributed by atoms with E-state index in [0.29, 0.717) is 30.6 Å². The van der Waals surface area contributed by atoms with E-state index >= 15 is 0 Å². The number of aromatic hydroxyl groups is 2. The highest BCUT2D eigenvalue weighted by molar-refractivity contribution is 6.31. The first-order valence-corrected chi connectivity index (χ1v) is 11.8. The average Bonchev–Trinajstić information content (AvgIpc) is 2.91. The first-order chi connectivity index (χ1) is 17.3. The van der Waals surface area contributed by atoms with Gasteiger partial charge in [-0.05, 0) is 36.5 Å². The molecule has 0 radical (unpaired) electrons. The Hall–Kier alpha value is -4.17. The fraction of sp³-hybridized carbons (Fsp3) is 0.250. The van der Waals surface area contributed by atoms with Crippen molar-refractivity contribution >= 4 is 17.5 Å². The summed E-state index contributed by atoms with van der Waals surface area (Å²) in [4.78, 5) is 39.6. The third-order valence-electron chi connectivity index (χ3n) is 7.12. The van der Waals surface area contributed by atoms with Gasteiger partial charge in [-0.15, -0.1) is 0 Å². The van der Waals surface area contributed by atoms with Crippen LogP contribution in [0.2, 0.25) is 0 Å². The molecule has 3 aromatic carbocycles. The van der Waals surface area contributed by atoms with Gasteiger partial charge in [0.1, 0.15) is 17.2 Å². The minimum absolute atomic E-state index is 0.0692. The third-order valence-corrected chi connectivity index (χ3v) is 7.12. The zero-order valence-corrected chi connectivity index (χ0v) is 19.8. The lowest BCUT2D eigenvalue weighted by molar-refractivity contribution is -0.125. The Labute approximate surface area is 207 Å². The second-order valence-electron chi connectivity index (χ2n) is 9.12. The Morgan fingerprint density at radius 3 is 2.33 bits per heavy atom. The maximum Gasteiger partial charge on any atom is 0.223 e. The number of phenols is 2. The van der Waals surface area contributed by atoms with Crippen LogP contribution in [0.5, 0.6) is 17.2 Å². The van der Waals surface area contributed by atoms with E-state index in [0.717, 1.165) is 11.1 Å². The summed E-state index contributed by atoms with van der Waals surface area (Å²) in [5.74, 6) is -2.22. The van der Waals surface area contributed by atoms with Crippen LogP contribution in [0.15, 0.2) is 42.5 Å². The summed E-state index contributed by atoms with van der Waals surface area (Å²) in [6, 6.07) is 12.3. The molecule has 0 aromatic heterocycles. The molecular formula is C28H26N2O6. The van der Waals surface area contributed by atoms with Crippen LogP contribution >= 0.6 is 0 Å². The van der Waals surface area contributed by atoms with E-state index in [1.165, 1.54) is 13.2 Å². The number of phenolic OH excluding ortho intramolecular Hbond substituents is 2. The first-order valence-electron chi connectivity index (χ1n) is 11.8. The zero-order valence-electron chi connectivity index (χ0n) is 19.8. The van der Waals surface area contributed by atoms with Gasteiger partial charge in [0.2, 0.25) is 11.7 Å². The molecule has 8 nitrogen and oxygen atoms in total. The molecule has 1 atom stereocenters. The molecule has 2 aliphatic carbocycles. The minimum atomic E-state index is -0.576. The summed E-state index contributed by atoms with van der Waals surface area (Å²) in [6.45, 7) is 0.793. The number of nitrogens with two attached hydrogens (primary N) is 1. The number of ether oxygens (including phenoxy) is 1. The van der Waals surface area contributed by atoms with Gasteiger partial charge in [0.15, 0.2) is 5.78 Å². The molecule has 0 spiro atoms. The van der Waals surface area contributed by atoms with Crippen molar-refractivity contribution in [3.05, 3.63) is 87.0 Å². The van der Waals surface area contributed by atoms with Crippen molar-refractivity contribution in [3.8, 4) is 17.2 Å². The number of benzene rings is 3. The van der Waals surface area contributed by atoms with Crippen LogP contribution in [0.25, 0.3) is 0 Å². The largest absolute Gasteiger partial charge is 0.507 e. The molecule has 1 unspecified atom stereocenters. The summed E-state index contributed by atoms with van der Waals surface area (Å²) in [6.07, 6.45) is 0.858. The lowest BCUT2D eigenvalue weighted by Gasteiger charge is -2.29. The van der Waals surface area contributed by atoms with E-state index in [4.69, 9.17) is 10.5 Å². The smallest absolute Gasteiger partial charge is 0.223 e. The normalized spacial score (nSPS) is 16.1. The number of ketones is 2. The molecule has 184 valence electrons. The SMILES string of the molecule is COc1cccc2c1C(=O)c1c(O)c3c(c(O)c1C2=O)CC(C(=O)NCc1ccc(CN)cc1)CC3. The maximum absolute atomic E-state index is 13.4. The number of carbonyl (C=O) groups excluding carboxylic acids is 3. The fourth-order valence-electron chi connectivity index (χ4n) is 5.16. The van der Waals surface area contributed by atoms with Crippen molar-refractivity contribution in [1.82, 2.24) is 5.32 Å². The summed E-state index contributed by atoms with van der Waals surface area (Å²) in [5.41, 5.74) is 8.02. The number of amides is 1. The van der Waals surface area contributed by atoms with Crippen LogP contribution < -0.4 is 15.8 Å².